The van der Waals surface area contributed by atoms with Gasteiger partial charge in [0, 0.05) is 23.4 Å². The molecule has 0 aliphatic heterocycles. The highest BCUT2D eigenvalue weighted by Crippen LogP contribution is 2.26. The highest BCUT2D eigenvalue weighted by Gasteiger charge is 2.18. The van der Waals surface area contributed by atoms with Gasteiger partial charge >= 0.3 is 0 Å². The molecule has 1 amide bonds. The maximum atomic E-state index is 12.5. The number of nitrogens with one attached hydrogen (secondary N) is 2. The quantitative estimate of drug-likeness (QED) is 0.734. The number of amides is 1. The fourth-order valence-electron chi connectivity index (χ4n) is 3.21. The van der Waals surface area contributed by atoms with E-state index in [0.29, 0.717) is 11.3 Å². The molecule has 1 saturated carbocycles. The number of sulfonamides is 1. The maximum absolute atomic E-state index is 12.5. The molecule has 150 valence electrons. The summed E-state index contributed by atoms with van der Waals surface area (Å²) in [7, 11) is -3.58. The summed E-state index contributed by atoms with van der Waals surface area (Å²) in [5.41, 5.74) is 1.02. The summed E-state index contributed by atoms with van der Waals surface area (Å²) < 4.78 is 32.8. The SMILES string of the molecule is CC(C)NS(=O)(=O)c1ccc(C(=O)Nc2cccc(OC3CCCC3)c2)cc1. The number of hydrogen-bond donors (Lipinski definition) is 2. The van der Waals surface area contributed by atoms with Crippen molar-refractivity contribution in [3.63, 3.8) is 0 Å². The standard InChI is InChI=1S/C21H26N2O4S/c1-15(2)23-28(25,26)20-12-10-16(11-13-20)21(24)22-17-6-5-9-19(14-17)27-18-7-3-4-8-18/h5-6,9-15,18,23H,3-4,7-8H2,1-2H3,(H,22,24). The Bertz CT molecular complexity index is 918. The van der Waals surface area contributed by atoms with E-state index in [-0.39, 0.29) is 22.9 Å². The van der Waals surface area contributed by atoms with E-state index >= 15 is 0 Å². The van der Waals surface area contributed by atoms with E-state index < -0.39 is 10.0 Å². The first-order valence-electron chi connectivity index (χ1n) is 9.54. The van der Waals surface area contributed by atoms with Crippen molar-refractivity contribution in [2.75, 3.05) is 5.32 Å². The second-order valence-electron chi connectivity index (χ2n) is 7.31. The van der Waals surface area contributed by atoms with Crippen LogP contribution in [-0.4, -0.2) is 26.5 Å². The van der Waals surface area contributed by atoms with E-state index in [1.165, 1.54) is 37.1 Å². The van der Waals surface area contributed by atoms with Crippen molar-refractivity contribution < 1.29 is 17.9 Å². The minimum atomic E-state index is -3.58. The van der Waals surface area contributed by atoms with Crippen LogP contribution in [0.5, 0.6) is 5.75 Å². The lowest BCUT2D eigenvalue weighted by molar-refractivity contribution is 0.102. The van der Waals surface area contributed by atoms with Crippen molar-refractivity contribution in [2.24, 2.45) is 0 Å². The van der Waals surface area contributed by atoms with E-state index in [1.807, 2.05) is 18.2 Å². The first-order chi connectivity index (χ1) is 13.3. The maximum Gasteiger partial charge on any atom is 0.255 e. The van der Waals surface area contributed by atoms with Crippen LogP contribution in [0.15, 0.2) is 53.4 Å². The van der Waals surface area contributed by atoms with Crippen LogP contribution in [0.4, 0.5) is 5.69 Å². The fourth-order valence-corrected chi connectivity index (χ4v) is 4.46. The van der Waals surface area contributed by atoms with Crippen molar-refractivity contribution in [3.8, 4) is 5.75 Å². The summed E-state index contributed by atoms with van der Waals surface area (Å²) in [5.74, 6) is 0.435. The fraction of sp³-hybridized carbons (Fsp3) is 0.381. The molecule has 0 spiro atoms. The average Bonchev–Trinajstić information content (AvgIpc) is 3.14. The van der Waals surface area contributed by atoms with Crippen LogP contribution in [0.2, 0.25) is 0 Å². The lowest BCUT2D eigenvalue weighted by Gasteiger charge is -2.14. The van der Waals surface area contributed by atoms with Gasteiger partial charge in [-0.25, -0.2) is 13.1 Å². The van der Waals surface area contributed by atoms with E-state index in [1.54, 1.807) is 19.9 Å². The van der Waals surface area contributed by atoms with E-state index in [4.69, 9.17) is 4.74 Å². The molecule has 0 heterocycles. The molecule has 28 heavy (non-hydrogen) atoms. The molecule has 0 aromatic heterocycles. The van der Waals surface area contributed by atoms with Crippen molar-refractivity contribution >= 4 is 21.6 Å². The number of benzene rings is 2. The largest absolute Gasteiger partial charge is 0.490 e. The third-order valence-electron chi connectivity index (χ3n) is 4.51. The van der Waals surface area contributed by atoms with Gasteiger partial charge in [-0.05, 0) is 75.9 Å². The highest BCUT2D eigenvalue weighted by atomic mass is 32.2. The molecule has 0 unspecified atom stereocenters. The first kappa shape index (κ1) is 20.4. The smallest absolute Gasteiger partial charge is 0.255 e. The molecule has 0 radical (unpaired) electrons. The molecule has 0 saturated heterocycles. The lowest BCUT2D eigenvalue weighted by Crippen LogP contribution is -2.30. The van der Waals surface area contributed by atoms with Gasteiger partial charge in [0.2, 0.25) is 10.0 Å². The molecule has 1 fully saturated rings. The number of ether oxygens (including phenoxy) is 1. The molecular weight excluding hydrogens is 376 g/mol. The topological polar surface area (TPSA) is 84.5 Å². The summed E-state index contributed by atoms with van der Waals surface area (Å²) in [5, 5.41) is 2.83. The molecular formula is C21H26N2O4S. The normalized spacial score (nSPS) is 15.0. The van der Waals surface area contributed by atoms with Gasteiger partial charge in [-0.3, -0.25) is 4.79 Å². The third kappa shape index (κ3) is 5.33. The Kier molecular flexibility index (Phi) is 6.36. The molecule has 3 rings (SSSR count). The summed E-state index contributed by atoms with van der Waals surface area (Å²) >= 11 is 0. The molecule has 2 aromatic carbocycles. The van der Waals surface area contributed by atoms with Crippen molar-refractivity contribution in [1.29, 1.82) is 0 Å². The second-order valence-corrected chi connectivity index (χ2v) is 9.02. The lowest BCUT2D eigenvalue weighted by atomic mass is 10.2. The summed E-state index contributed by atoms with van der Waals surface area (Å²) in [6.07, 6.45) is 4.77. The highest BCUT2D eigenvalue weighted by molar-refractivity contribution is 7.89. The number of carbonyl (C=O) groups excluding carboxylic acids is 1. The van der Waals surface area contributed by atoms with Gasteiger partial charge in [-0.15, -0.1) is 0 Å². The second kappa shape index (κ2) is 8.75. The number of carbonyl (C=O) groups is 1. The van der Waals surface area contributed by atoms with Gasteiger partial charge in [-0.1, -0.05) is 6.07 Å². The van der Waals surface area contributed by atoms with E-state index in [0.717, 1.165) is 18.6 Å². The molecule has 0 atom stereocenters. The van der Waals surface area contributed by atoms with Crippen molar-refractivity contribution in [3.05, 3.63) is 54.1 Å². The zero-order chi connectivity index (χ0) is 20.1. The zero-order valence-electron chi connectivity index (χ0n) is 16.1. The first-order valence-corrected chi connectivity index (χ1v) is 11.0. The Balaban J connectivity index is 1.66. The Morgan fingerprint density at radius 3 is 2.39 bits per heavy atom. The Labute approximate surface area is 166 Å². The molecule has 0 bridgehead atoms. The molecule has 1 aliphatic carbocycles. The number of rotatable bonds is 7. The number of anilines is 1. The zero-order valence-corrected chi connectivity index (χ0v) is 17.0. The Hall–Kier alpha value is -2.38. The predicted molar refractivity (Wildman–Crippen MR) is 109 cm³/mol. The molecule has 7 heteroatoms. The number of hydrogen-bond acceptors (Lipinski definition) is 4. The van der Waals surface area contributed by atoms with E-state index in [2.05, 4.69) is 10.0 Å². The minimum absolute atomic E-state index is 0.129. The van der Waals surface area contributed by atoms with Gasteiger partial charge in [0.15, 0.2) is 0 Å². The molecule has 6 nitrogen and oxygen atoms in total. The summed E-state index contributed by atoms with van der Waals surface area (Å²) in [6, 6.07) is 13.0. The summed E-state index contributed by atoms with van der Waals surface area (Å²) in [6.45, 7) is 3.51. The van der Waals surface area contributed by atoms with Crippen LogP contribution in [0.25, 0.3) is 0 Å². The van der Waals surface area contributed by atoms with Crippen LogP contribution >= 0.6 is 0 Å². The predicted octanol–water partition coefficient (Wildman–Crippen LogP) is 3.95. The Morgan fingerprint density at radius 2 is 1.75 bits per heavy atom. The van der Waals surface area contributed by atoms with Crippen LogP contribution in [0, 0.1) is 0 Å². The van der Waals surface area contributed by atoms with Crippen LogP contribution < -0.4 is 14.8 Å². The van der Waals surface area contributed by atoms with Crippen molar-refractivity contribution in [2.45, 2.75) is 56.6 Å². The average molecular weight is 403 g/mol. The van der Waals surface area contributed by atoms with Gasteiger partial charge in [0.05, 0.1) is 11.0 Å². The van der Waals surface area contributed by atoms with Gasteiger partial charge in [-0.2, -0.15) is 0 Å². The van der Waals surface area contributed by atoms with E-state index in [9.17, 15) is 13.2 Å². The van der Waals surface area contributed by atoms with Crippen LogP contribution in [0.1, 0.15) is 49.9 Å². The van der Waals surface area contributed by atoms with Crippen molar-refractivity contribution in [1.82, 2.24) is 4.72 Å². The summed E-state index contributed by atoms with van der Waals surface area (Å²) in [4.78, 5) is 12.6. The molecule has 1 aliphatic rings. The van der Waals surface area contributed by atoms with Crippen LogP contribution in [0.3, 0.4) is 0 Å². The monoisotopic (exact) mass is 402 g/mol. The van der Waals surface area contributed by atoms with Gasteiger partial charge < -0.3 is 10.1 Å². The van der Waals surface area contributed by atoms with Gasteiger partial charge in [0.25, 0.3) is 5.91 Å². The minimum Gasteiger partial charge on any atom is -0.490 e. The molecule has 2 N–H and O–H groups in total. The molecule has 2 aromatic rings. The third-order valence-corrected chi connectivity index (χ3v) is 6.19. The Morgan fingerprint density at radius 1 is 1.07 bits per heavy atom. The van der Waals surface area contributed by atoms with Crippen LogP contribution in [-0.2, 0) is 10.0 Å². The van der Waals surface area contributed by atoms with Gasteiger partial charge in [0.1, 0.15) is 5.75 Å².